The molecule has 1 fully saturated rings. The minimum absolute atomic E-state index is 0.517. The van der Waals surface area contributed by atoms with Crippen molar-refractivity contribution in [3.63, 3.8) is 0 Å². The maximum atomic E-state index is 5.59. The van der Waals surface area contributed by atoms with Gasteiger partial charge in [-0.15, -0.1) is 0 Å². The Hall–Kier alpha value is -1.36. The van der Waals surface area contributed by atoms with Crippen molar-refractivity contribution in [3.05, 3.63) is 11.4 Å². The number of hydrazine groups is 1. The van der Waals surface area contributed by atoms with Crippen molar-refractivity contribution in [1.29, 1.82) is 0 Å². The number of rotatable bonds is 5. The van der Waals surface area contributed by atoms with Crippen LogP contribution in [0.15, 0.2) is 0 Å². The molecule has 5 nitrogen and oxygen atoms in total. The number of aryl methyl sites for hydroxylation is 1. The molecular weight excluding hydrogens is 262 g/mol. The zero-order valence-corrected chi connectivity index (χ0v) is 13.6. The third-order valence-electron chi connectivity index (χ3n) is 4.40. The van der Waals surface area contributed by atoms with Gasteiger partial charge in [0, 0.05) is 18.0 Å². The topological polar surface area (TPSA) is 75.9 Å². The summed E-state index contributed by atoms with van der Waals surface area (Å²) in [5.74, 6) is 8.98. The fraction of sp³-hybridized carbons (Fsp3) is 0.750. The highest BCUT2D eigenvalue weighted by atomic mass is 15.3. The molecule has 21 heavy (non-hydrogen) atoms. The van der Waals surface area contributed by atoms with E-state index in [9.17, 15) is 0 Å². The average Bonchev–Trinajstić information content (AvgIpc) is 2.67. The Morgan fingerprint density at radius 3 is 2.62 bits per heavy atom. The molecule has 0 amide bonds. The zero-order chi connectivity index (χ0) is 15.2. The van der Waals surface area contributed by atoms with Crippen LogP contribution in [0.1, 0.15) is 63.8 Å². The van der Waals surface area contributed by atoms with Gasteiger partial charge in [-0.2, -0.15) is 0 Å². The molecule has 5 heteroatoms. The van der Waals surface area contributed by atoms with Gasteiger partial charge in [0.25, 0.3) is 0 Å². The SMILES string of the molecule is CCCc1nc(NN)c(C)c(NC2CCCC(C)CC2)n1. The van der Waals surface area contributed by atoms with Crippen molar-refractivity contribution in [1.82, 2.24) is 9.97 Å². The molecule has 2 rings (SSSR count). The molecule has 1 heterocycles. The van der Waals surface area contributed by atoms with Gasteiger partial charge in [-0.3, -0.25) is 0 Å². The van der Waals surface area contributed by atoms with Crippen LogP contribution < -0.4 is 16.6 Å². The molecule has 0 spiro atoms. The van der Waals surface area contributed by atoms with Crippen LogP contribution in [0.2, 0.25) is 0 Å². The molecule has 2 unspecified atom stereocenters. The first-order valence-electron chi connectivity index (χ1n) is 8.24. The van der Waals surface area contributed by atoms with Crippen LogP contribution in [0.5, 0.6) is 0 Å². The lowest BCUT2D eigenvalue weighted by molar-refractivity contribution is 0.501. The standard InChI is InChI=1S/C16H29N5/c1-4-6-14-19-15(12(3)16(20-14)21-17)18-13-8-5-7-11(2)9-10-13/h11,13H,4-10,17H2,1-3H3,(H2,18,19,20,21). The first-order chi connectivity index (χ1) is 10.1. The van der Waals surface area contributed by atoms with Gasteiger partial charge in [-0.1, -0.05) is 26.7 Å². The maximum absolute atomic E-state index is 5.59. The van der Waals surface area contributed by atoms with E-state index in [1.165, 1.54) is 32.1 Å². The number of hydrogen-bond acceptors (Lipinski definition) is 5. The van der Waals surface area contributed by atoms with Crippen LogP contribution in [-0.4, -0.2) is 16.0 Å². The predicted molar refractivity (Wildman–Crippen MR) is 88.2 cm³/mol. The lowest BCUT2D eigenvalue weighted by Crippen LogP contribution is -2.22. The smallest absolute Gasteiger partial charge is 0.148 e. The van der Waals surface area contributed by atoms with E-state index in [1.54, 1.807) is 0 Å². The molecule has 1 aromatic heterocycles. The summed E-state index contributed by atoms with van der Waals surface area (Å²) in [7, 11) is 0. The first kappa shape index (κ1) is 16.0. The molecular formula is C16H29N5. The summed E-state index contributed by atoms with van der Waals surface area (Å²) in [5.41, 5.74) is 3.71. The molecule has 0 saturated heterocycles. The second kappa shape index (κ2) is 7.59. The summed E-state index contributed by atoms with van der Waals surface area (Å²) < 4.78 is 0. The van der Waals surface area contributed by atoms with Crippen LogP contribution in [-0.2, 0) is 6.42 Å². The summed E-state index contributed by atoms with van der Waals surface area (Å²) in [6.45, 7) is 6.51. The highest BCUT2D eigenvalue weighted by Crippen LogP contribution is 2.27. The molecule has 4 N–H and O–H groups in total. The van der Waals surface area contributed by atoms with Gasteiger partial charge >= 0.3 is 0 Å². The molecule has 118 valence electrons. The third kappa shape index (κ3) is 4.30. The van der Waals surface area contributed by atoms with E-state index in [4.69, 9.17) is 10.8 Å². The van der Waals surface area contributed by atoms with Crippen molar-refractivity contribution in [2.24, 2.45) is 11.8 Å². The number of nitrogens with two attached hydrogens (primary N) is 1. The van der Waals surface area contributed by atoms with E-state index in [2.05, 4.69) is 29.6 Å². The van der Waals surface area contributed by atoms with Crippen molar-refractivity contribution in [2.75, 3.05) is 10.7 Å². The lowest BCUT2D eigenvalue weighted by atomic mass is 10.0. The summed E-state index contributed by atoms with van der Waals surface area (Å²) >= 11 is 0. The molecule has 1 aromatic rings. The third-order valence-corrected chi connectivity index (χ3v) is 4.40. The number of nitrogens with zero attached hydrogens (tertiary/aromatic N) is 2. The number of nitrogens with one attached hydrogen (secondary N) is 2. The van der Waals surface area contributed by atoms with E-state index in [0.717, 1.165) is 41.8 Å². The Bertz CT molecular complexity index is 460. The Morgan fingerprint density at radius 2 is 1.90 bits per heavy atom. The minimum Gasteiger partial charge on any atom is -0.367 e. The fourth-order valence-corrected chi connectivity index (χ4v) is 3.00. The van der Waals surface area contributed by atoms with Crippen LogP contribution in [0.4, 0.5) is 11.6 Å². The molecule has 0 aromatic carbocycles. The molecule has 0 aliphatic heterocycles. The molecule has 1 aliphatic carbocycles. The quantitative estimate of drug-likeness (QED) is 0.440. The largest absolute Gasteiger partial charge is 0.367 e. The predicted octanol–water partition coefficient (Wildman–Crippen LogP) is 3.40. The summed E-state index contributed by atoms with van der Waals surface area (Å²) in [6, 6.07) is 0.517. The summed E-state index contributed by atoms with van der Waals surface area (Å²) in [4.78, 5) is 9.17. The van der Waals surface area contributed by atoms with E-state index in [1.807, 2.05) is 6.92 Å². The molecule has 1 saturated carbocycles. The highest BCUT2D eigenvalue weighted by molar-refractivity contribution is 5.57. The molecule has 1 aliphatic rings. The average molecular weight is 291 g/mol. The van der Waals surface area contributed by atoms with Gasteiger partial charge in [0.15, 0.2) is 0 Å². The summed E-state index contributed by atoms with van der Waals surface area (Å²) in [6.07, 6.45) is 8.30. The van der Waals surface area contributed by atoms with Gasteiger partial charge < -0.3 is 10.7 Å². The van der Waals surface area contributed by atoms with Crippen molar-refractivity contribution >= 4 is 11.6 Å². The number of anilines is 2. The zero-order valence-electron chi connectivity index (χ0n) is 13.6. The maximum Gasteiger partial charge on any atom is 0.148 e. The Labute approximate surface area is 128 Å². The first-order valence-corrected chi connectivity index (χ1v) is 8.24. The Kier molecular flexibility index (Phi) is 5.79. The van der Waals surface area contributed by atoms with Gasteiger partial charge in [0.2, 0.25) is 0 Å². The van der Waals surface area contributed by atoms with Crippen LogP contribution in [0, 0.1) is 12.8 Å². The van der Waals surface area contributed by atoms with Crippen LogP contribution in [0.3, 0.4) is 0 Å². The number of nitrogen functional groups attached to an aromatic ring is 1. The second-order valence-electron chi connectivity index (χ2n) is 6.31. The van der Waals surface area contributed by atoms with Crippen molar-refractivity contribution < 1.29 is 0 Å². The monoisotopic (exact) mass is 291 g/mol. The Morgan fingerprint density at radius 1 is 1.14 bits per heavy atom. The van der Waals surface area contributed by atoms with Gasteiger partial charge in [-0.05, 0) is 38.5 Å². The van der Waals surface area contributed by atoms with Crippen molar-refractivity contribution in [3.8, 4) is 0 Å². The lowest BCUT2D eigenvalue weighted by Gasteiger charge is -2.20. The molecule has 2 atom stereocenters. The van der Waals surface area contributed by atoms with Gasteiger partial charge in [-0.25, -0.2) is 15.8 Å². The van der Waals surface area contributed by atoms with Gasteiger partial charge in [0.1, 0.15) is 17.5 Å². The number of hydrogen-bond donors (Lipinski definition) is 3. The van der Waals surface area contributed by atoms with E-state index >= 15 is 0 Å². The minimum atomic E-state index is 0.517. The molecule has 0 radical (unpaired) electrons. The van der Waals surface area contributed by atoms with Crippen molar-refractivity contribution in [2.45, 2.75) is 71.8 Å². The fourth-order valence-electron chi connectivity index (χ4n) is 3.00. The number of aromatic nitrogens is 2. The summed E-state index contributed by atoms with van der Waals surface area (Å²) in [5, 5.41) is 3.64. The van der Waals surface area contributed by atoms with Crippen LogP contribution >= 0.6 is 0 Å². The van der Waals surface area contributed by atoms with E-state index in [0.29, 0.717) is 6.04 Å². The molecule has 0 bridgehead atoms. The van der Waals surface area contributed by atoms with E-state index in [-0.39, 0.29) is 0 Å². The van der Waals surface area contributed by atoms with Gasteiger partial charge in [0.05, 0.1) is 0 Å². The second-order valence-corrected chi connectivity index (χ2v) is 6.31. The van der Waals surface area contributed by atoms with Crippen LogP contribution in [0.25, 0.3) is 0 Å². The highest BCUT2D eigenvalue weighted by Gasteiger charge is 2.18. The normalized spacial score (nSPS) is 22.7. The Balaban J connectivity index is 2.15. The van der Waals surface area contributed by atoms with E-state index < -0.39 is 0 Å².